The van der Waals surface area contributed by atoms with Crippen molar-refractivity contribution in [2.45, 2.75) is 6.10 Å². The Labute approximate surface area is 97.8 Å². The van der Waals surface area contributed by atoms with Crippen LogP contribution in [0.3, 0.4) is 0 Å². The largest absolute Gasteiger partial charge is 0.479 e. The van der Waals surface area contributed by atoms with E-state index in [9.17, 15) is 20.0 Å². The van der Waals surface area contributed by atoms with Crippen LogP contribution in [0.25, 0.3) is 0 Å². The average Bonchev–Trinajstić information content (AvgIpc) is 2.15. The molecule has 1 aromatic carbocycles. The minimum Gasteiger partial charge on any atom is -0.479 e. The molecule has 1 rings (SSSR count). The van der Waals surface area contributed by atoms with Crippen molar-refractivity contribution < 1.29 is 19.9 Å². The summed E-state index contributed by atoms with van der Waals surface area (Å²) in [5.74, 6) is -1.44. The van der Waals surface area contributed by atoms with Gasteiger partial charge in [0.05, 0.1) is 4.92 Å². The van der Waals surface area contributed by atoms with E-state index in [1.807, 2.05) is 22.6 Å². The van der Waals surface area contributed by atoms with Crippen molar-refractivity contribution >= 4 is 34.2 Å². The number of aliphatic hydroxyl groups excluding tert-OH is 1. The van der Waals surface area contributed by atoms with Crippen molar-refractivity contribution in [1.29, 1.82) is 0 Å². The zero-order chi connectivity index (χ0) is 11.6. The fourth-order valence-electron chi connectivity index (χ4n) is 1.00. The SMILES string of the molecule is O=C(O)C(O)c1cc(I)cc([N+](=O)[O-])c1. The number of aliphatic hydroxyl groups is 1. The highest BCUT2D eigenvalue weighted by atomic mass is 127. The van der Waals surface area contributed by atoms with E-state index in [1.54, 1.807) is 0 Å². The first-order valence-electron chi connectivity index (χ1n) is 3.77. The Morgan fingerprint density at radius 1 is 1.47 bits per heavy atom. The second-order valence-corrected chi connectivity index (χ2v) is 3.99. The molecule has 0 radical (unpaired) electrons. The van der Waals surface area contributed by atoms with Crippen LogP contribution >= 0.6 is 22.6 Å². The van der Waals surface area contributed by atoms with Crippen molar-refractivity contribution in [3.8, 4) is 0 Å². The summed E-state index contributed by atoms with van der Waals surface area (Å²) in [7, 11) is 0. The minimum atomic E-state index is -1.74. The Balaban J connectivity index is 3.20. The van der Waals surface area contributed by atoms with E-state index in [-0.39, 0.29) is 11.3 Å². The van der Waals surface area contributed by atoms with Crippen LogP contribution in [0.4, 0.5) is 5.69 Å². The molecule has 0 aromatic heterocycles. The number of rotatable bonds is 3. The maximum absolute atomic E-state index is 10.5. The molecule has 7 heteroatoms. The second kappa shape index (κ2) is 4.53. The van der Waals surface area contributed by atoms with Gasteiger partial charge in [-0.05, 0) is 34.2 Å². The Morgan fingerprint density at radius 3 is 2.53 bits per heavy atom. The van der Waals surface area contributed by atoms with E-state index < -0.39 is 17.0 Å². The monoisotopic (exact) mass is 323 g/mol. The molecule has 0 saturated carbocycles. The number of carbonyl (C=O) groups is 1. The molecular formula is C8H6INO5. The molecule has 1 aromatic rings. The summed E-state index contributed by atoms with van der Waals surface area (Å²) < 4.78 is 0.497. The third kappa shape index (κ3) is 2.86. The maximum atomic E-state index is 10.5. The lowest BCUT2D eigenvalue weighted by Gasteiger charge is -2.05. The third-order valence-corrected chi connectivity index (χ3v) is 2.29. The van der Waals surface area contributed by atoms with Crippen molar-refractivity contribution in [3.05, 3.63) is 37.4 Å². The number of hydrogen-bond acceptors (Lipinski definition) is 4. The number of carboxylic acids is 1. The molecule has 1 unspecified atom stereocenters. The first-order chi connectivity index (χ1) is 6.91. The summed E-state index contributed by atoms with van der Waals surface area (Å²) in [6.07, 6.45) is -1.74. The van der Waals surface area contributed by atoms with E-state index in [0.717, 1.165) is 6.07 Å². The van der Waals surface area contributed by atoms with Crippen LogP contribution < -0.4 is 0 Å². The topological polar surface area (TPSA) is 101 Å². The summed E-state index contributed by atoms with van der Waals surface area (Å²) in [6.45, 7) is 0. The number of nitrogens with zero attached hydrogens (tertiary/aromatic N) is 1. The van der Waals surface area contributed by atoms with Crippen molar-refractivity contribution in [2.24, 2.45) is 0 Å². The van der Waals surface area contributed by atoms with Gasteiger partial charge in [-0.3, -0.25) is 10.1 Å². The van der Waals surface area contributed by atoms with Gasteiger partial charge in [-0.15, -0.1) is 0 Å². The molecule has 0 spiro atoms. The van der Waals surface area contributed by atoms with Gasteiger partial charge >= 0.3 is 5.97 Å². The number of aliphatic carboxylic acids is 1. The van der Waals surface area contributed by atoms with E-state index in [1.165, 1.54) is 12.1 Å². The van der Waals surface area contributed by atoms with Gasteiger partial charge in [-0.1, -0.05) is 0 Å². The average molecular weight is 323 g/mol. The maximum Gasteiger partial charge on any atom is 0.337 e. The Bertz CT molecular complexity index is 419. The van der Waals surface area contributed by atoms with Gasteiger partial charge in [-0.2, -0.15) is 0 Å². The van der Waals surface area contributed by atoms with Gasteiger partial charge in [0.15, 0.2) is 6.10 Å². The van der Waals surface area contributed by atoms with Crippen LogP contribution in [0.5, 0.6) is 0 Å². The zero-order valence-corrected chi connectivity index (χ0v) is 9.41. The van der Waals surface area contributed by atoms with Gasteiger partial charge in [0.1, 0.15) is 0 Å². The third-order valence-electron chi connectivity index (χ3n) is 1.67. The Morgan fingerprint density at radius 2 is 2.07 bits per heavy atom. The fourth-order valence-corrected chi connectivity index (χ4v) is 1.68. The summed E-state index contributed by atoms with van der Waals surface area (Å²) in [6, 6.07) is 3.71. The molecule has 0 bridgehead atoms. The highest BCUT2D eigenvalue weighted by molar-refractivity contribution is 14.1. The lowest BCUT2D eigenvalue weighted by atomic mass is 10.1. The molecule has 0 amide bonds. The normalized spacial score (nSPS) is 12.1. The van der Waals surface area contributed by atoms with Crippen LogP contribution in [0.15, 0.2) is 18.2 Å². The first-order valence-corrected chi connectivity index (χ1v) is 4.85. The first kappa shape index (κ1) is 11.9. The molecule has 6 nitrogen and oxygen atoms in total. The highest BCUT2D eigenvalue weighted by Gasteiger charge is 2.19. The molecule has 0 aliphatic rings. The van der Waals surface area contributed by atoms with Gasteiger partial charge in [-0.25, -0.2) is 4.79 Å². The molecule has 80 valence electrons. The molecule has 0 aliphatic carbocycles. The summed E-state index contributed by atoms with van der Waals surface area (Å²) in [5, 5.41) is 28.2. The van der Waals surface area contributed by atoms with E-state index in [2.05, 4.69) is 0 Å². The molecule has 1 atom stereocenters. The van der Waals surface area contributed by atoms with Crippen molar-refractivity contribution in [3.63, 3.8) is 0 Å². The summed E-state index contributed by atoms with van der Waals surface area (Å²) >= 11 is 1.81. The van der Waals surface area contributed by atoms with Gasteiger partial charge < -0.3 is 10.2 Å². The summed E-state index contributed by atoms with van der Waals surface area (Å²) in [5.41, 5.74) is -0.238. The predicted molar refractivity (Wildman–Crippen MR) is 58.4 cm³/mol. The molecule has 0 saturated heterocycles. The van der Waals surface area contributed by atoms with Crippen LogP contribution in [0.2, 0.25) is 0 Å². The van der Waals surface area contributed by atoms with Crippen LogP contribution in [-0.4, -0.2) is 21.1 Å². The van der Waals surface area contributed by atoms with Gasteiger partial charge in [0.2, 0.25) is 0 Å². The highest BCUT2D eigenvalue weighted by Crippen LogP contribution is 2.23. The zero-order valence-electron chi connectivity index (χ0n) is 7.25. The molecule has 0 fully saturated rings. The Kier molecular flexibility index (Phi) is 3.58. The molecule has 0 aliphatic heterocycles. The van der Waals surface area contributed by atoms with Crippen LogP contribution in [0.1, 0.15) is 11.7 Å². The smallest absolute Gasteiger partial charge is 0.337 e. The van der Waals surface area contributed by atoms with E-state index >= 15 is 0 Å². The van der Waals surface area contributed by atoms with Crippen LogP contribution in [-0.2, 0) is 4.79 Å². The molecular weight excluding hydrogens is 317 g/mol. The molecule has 15 heavy (non-hydrogen) atoms. The lowest BCUT2D eigenvalue weighted by molar-refractivity contribution is -0.385. The van der Waals surface area contributed by atoms with Gasteiger partial charge in [0.25, 0.3) is 5.69 Å². The fraction of sp³-hybridized carbons (Fsp3) is 0.125. The second-order valence-electron chi connectivity index (χ2n) is 2.74. The van der Waals surface area contributed by atoms with Gasteiger partial charge in [0, 0.05) is 15.7 Å². The van der Waals surface area contributed by atoms with E-state index in [4.69, 9.17) is 5.11 Å². The Hall–Kier alpha value is -1.22. The quantitative estimate of drug-likeness (QED) is 0.496. The lowest BCUT2D eigenvalue weighted by Crippen LogP contribution is -2.10. The van der Waals surface area contributed by atoms with E-state index in [0.29, 0.717) is 3.57 Å². The van der Waals surface area contributed by atoms with Crippen molar-refractivity contribution in [1.82, 2.24) is 0 Å². The van der Waals surface area contributed by atoms with Crippen molar-refractivity contribution in [2.75, 3.05) is 0 Å². The number of halogens is 1. The number of carboxylic acid groups (broad SMARTS) is 1. The van der Waals surface area contributed by atoms with Crippen LogP contribution in [0, 0.1) is 13.7 Å². The number of nitro benzene ring substituents is 1. The standard InChI is InChI=1S/C8H6INO5/c9-5-1-4(7(11)8(12)13)2-6(3-5)10(14)15/h1-3,7,11H,(H,12,13). The number of non-ortho nitro benzene ring substituents is 1. The number of nitro groups is 1. The predicted octanol–water partition coefficient (Wildman–Crippen LogP) is 1.32. The number of hydrogen-bond donors (Lipinski definition) is 2. The molecule has 2 N–H and O–H groups in total. The minimum absolute atomic E-state index is 0.00102. The number of benzene rings is 1. The molecule has 0 heterocycles. The summed E-state index contributed by atoms with van der Waals surface area (Å²) in [4.78, 5) is 20.3.